The molecule has 0 nitrogen and oxygen atoms in total. The average Bonchev–Trinajstić information content (AvgIpc) is 3.89. The molecule has 0 saturated heterocycles. The van der Waals surface area contributed by atoms with Crippen molar-refractivity contribution in [3.05, 3.63) is 11.6 Å². The highest BCUT2D eigenvalue weighted by atomic mass is 14.5. The third kappa shape index (κ3) is 14.3. The van der Waals surface area contributed by atoms with E-state index in [1.807, 2.05) is 0 Å². The van der Waals surface area contributed by atoms with Gasteiger partial charge in [0.1, 0.15) is 0 Å². The lowest BCUT2D eigenvalue weighted by molar-refractivity contribution is 0.163. The van der Waals surface area contributed by atoms with Gasteiger partial charge in [-0.15, -0.1) is 0 Å². The van der Waals surface area contributed by atoms with Crippen LogP contribution in [-0.2, 0) is 0 Å². The van der Waals surface area contributed by atoms with E-state index < -0.39 is 0 Å². The molecule has 0 radical (unpaired) electrons. The van der Waals surface area contributed by atoms with Crippen molar-refractivity contribution < 1.29 is 0 Å². The normalized spacial score (nSPS) is 28.1. The number of unbranched alkanes of at least 4 members (excludes halogenated alkanes) is 6. The molecular formula is C46H84. The summed E-state index contributed by atoms with van der Waals surface area (Å²) in [5.41, 5.74) is 2.95. The Morgan fingerprint density at radius 1 is 0.696 bits per heavy atom. The van der Waals surface area contributed by atoms with Crippen LogP contribution in [0.2, 0.25) is 0 Å². The maximum atomic E-state index is 2.73. The zero-order valence-corrected chi connectivity index (χ0v) is 32.6. The fraction of sp³-hybridized carbons (Fsp3) is 0.957. The first-order valence-corrected chi connectivity index (χ1v) is 21.9. The smallest absolute Gasteiger partial charge is 0.0231 e. The lowest BCUT2D eigenvalue weighted by Crippen LogP contribution is -2.23. The summed E-state index contributed by atoms with van der Waals surface area (Å²) in [7, 11) is 0. The number of rotatable bonds is 28. The lowest BCUT2D eigenvalue weighted by Gasteiger charge is -2.35. The first-order valence-electron chi connectivity index (χ1n) is 21.9. The van der Waals surface area contributed by atoms with Crippen molar-refractivity contribution in [2.45, 2.75) is 228 Å². The Morgan fingerprint density at radius 2 is 1.26 bits per heavy atom. The Balaban J connectivity index is 1.05. The zero-order valence-electron chi connectivity index (χ0n) is 32.6. The quantitative estimate of drug-likeness (QED) is 0.0592. The summed E-state index contributed by atoms with van der Waals surface area (Å²) < 4.78 is 0. The summed E-state index contributed by atoms with van der Waals surface area (Å²) in [4.78, 5) is 0. The minimum atomic E-state index is 0.542. The van der Waals surface area contributed by atoms with Crippen molar-refractivity contribution in [1.82, 2.24) is 0 Å². The molecule has 4 aliphatic carbocycles. The van der Waals surface area contributed by atoms with E-state index in [0.29, 0.717) is 5.41 Å². The van der Waals surface area contributed by atoms with Gasteiger partial charge in [0.05, 0.1) is 0 Å². The molecule has 0 bridgehead atoms. The second kappa shape index (κ2) is 19.8. The van der Waals surface area contributed by atoms with Gasteiger partial charge in [-0.3, -0.25) is 0 Å². The van der Waals surface area contributed by atoms with E-state index >= 15 is 0 Å². The highest BCUT2D eigenvalue weighted by Crippen LogP contribution is 2.59. The lowest BCUT2D eigenvalue weighted by atomic mass is 9.70. The largest absolute Gasteiger partial charge is 0.0825 e. The molecular weight excluding hydrogens is 553 g/mol. The molecule has 4 atom stereocenters. The van der Waals surface area contributed by atoms with Gasteiger partial charge in [0.2, 0.25) is 0 Å². The minimum absolute atomic E-state index is 0.542. The molecule has 0 aliphatic heterocycles. The number of hydrogen-bond donors (Lipinski definition) is 0. The van der Waals surface area contributed by atoms with Crippen molar-refractivity contribution in [3.8, 4) is 0 Å². The van der Waals surface area contributed by atoms with Gasteiger partial charge in [-0.05, 0) is 136 Å². The van der Waals surface area contributed by atoms with Crippen LogP contribution in [0.25, 0.3) is 0 Å². The SMILES string of the molecule is CCCC(C)=CC(CCCCCCC1CC(CCCCCCC2CCC2)C1)CCCC1C(CCC(C)(C)CC)C1CCC1(C)CC1. The van der Waals surface area contributed by atoms with Crippen molar-refractivity contribution in [2.75, 3.05) is 0 Å². The minimum Gasteiger partial charge on any atom is -0.0825 e. The maximum absolute atomic E-state index is 2.73. The fourth-order valence-corrected chi connectivity index (χ4v) is 9.87. The third-order valence-electron chi connectivity index (χ3n) is 14.6. The van der Waals surface area contributed by atoms with E-state index in [1.54, 1.807) is 50.5 Å². The Labute approximate surface area is 290 Å². The molecule has 0 spiro atoms. The molecule has 4 rings (SSSR count). The van der Waals surface area contributed by atoms with Gasteiger partial charge in [-0.1, -0.05) is 155 Å². The van der Waals surface area contributed by atoms with Gasteiger partial charge in [-0.25, -0.2) is 0 Å². The van der Waals surface area contributed by atoms with E-state index in [9.17, 15) is 0 Å². The first-order chi connectivity index (χ1) is 22.2. The maximum Gasteiger partial charge on any atom is -0.0231 e. The summed E-state index contributed by atoms with van der Waals surface area (Å²) in [5, 5.41) is 0. The molecule has 0 aromatic rings. The molecule has 268 valence electrons. The van der Waals surface area contributed by atoms with Crippen LogP contribution in [0.15, 0.2) is 11.6 Å². The number of allylic oxidation sites excluding steroid dienone is 2. The molecule has 0 aromatic heterocycles. The van der Waals surface area contributed by atoms with Crippen molar-refractivity contribution >= 4 is 0 Å². The Kier molecular flexibility index (Phi) is 16.6. The molecule has 4 unspecified atom stereocenters. The Bertz CT molecular complexity index is 832. The summed E-state index contributed by atoms with van der Waals surface area (Å²) in [6, 6.07) is 0. The van der Waals surface area contributed by atoms with Crippen LogP contribution in [0.1, 0.15) is 228 Å². The predicted octanol–water partition coefficient (Wildman–Crippen LogP) is 15.7. The number of hydrogen-bond acceptors (Lipinski definition) is 0. The van der Waals surface area contributed by atoms with Crippen LogP contribution in [0.5, 0.6) is 0 Å². The van der Waals surface area contributed by atoms with E-state index in [4.69, 9.17) is 0 Å². The average molecular weight is 637 g/mol. The van der Waals surface area contributed by atoms with Gasteiger partial charge >= 0.3 is 0 Å². The monoisotopic (exact) mass is 637 g/mol. The predicted molar refractivity (Wildman–Crippen MR) is 205 cm³/mol. The van der Waals surface area contributed by atoms with Crippen LogP contribution >= 0.6 is 0 Å². The van der Waals surface area contributed by atoms with Crippen LogP contribution in [0, 0.1) is 52.3 Å². The van der Waals surface area contributed by atoms with Crippen LogP contribution < -0.4 is 0 Å². The summed E-state index contributed by atoms with van der Waals surface area (Å²) in [6.07, 6.45) is 46.0. The Morgan fingerprint density at radius 3 is 1.83 bits per heavy atom. The second-order valence-corrected chi connectivity index (χ2v) is 19.3. The topological polar surface area (TPSA) is 0 Å². The molecule has 46 heavy (non-hydrogen) atoms. The van der Waals surface area contributed by atoms with Crippen molar-refractivity contribution in [3.63, 3.8) is 0 Å². The van der Waals surface area contributed by atoms with Gasteiger partial charge in [0, 0.05) is 0 Å². The zero-order chi connectivity index (χ0) is 32.8. The fourth-order valence-electron chi connectivity index (χ4n) is 9.87. The molecule has 0 N–H and O–H groups in total. The van der Waals surface area contributed by atoms with E-state index in [0.717, 1.165) is 46.8 Å². The molecule has 0 heteroatoms. The van der Waals surface area contributed by atoms with Crippen LogP contribution in [-0.4, -0.2) is 0 Å². The van der Waals surface area contributed by atoms with Gasteiger partial charge in [-0.2, -0.15) is 0 Å². The van der Waals surface area contributed by atoms with Crippen LogP contribution in [0.3, 0.4) is 0 Å². The summed E-state index contributed by atoms with van der Waals surface area (Å²) in [5.74, 6) is 7.34. The molecule has 4 saturated carbocycles. The standard InChI is InChI=1S/C46H84/c1-7-19-37(3)34-39(26-18-27-42-43(28-30-45(4,5)8-2)44(42)29-31-46(6)32-33-46)21-14-10-12-16-23-41-35-40(36-41)22-15-11-9-13-20-38-24-17-25-38/h34,38-44H,7-33,35-36H2,1-6H3. The second-order valence-electron chi connectivity index (χ2n) is 19.3. The van der Waals surface area contributed by atoms with E-state index in [2.05, 4.69) is 47.6 Å². The summed E-state index contributed by atoms with van der Waals surface area (Å²) >= 11 is 0. The molecule has 0 amide bonds. The molecule has 0 heterocycles. The van der Waals surface area contributed by atoms with Crippen molar-refractivity contribution in [1.29, 1.82) is 0 Å². The van der Waals surface area contributed by atoms with E-state index in [-0.39, 0.29) is 0 Å². The van der Waals surface area contributed by atoms with E-state index in [1.165, 1.54) is 141 Å². The third-order valence-corrected chi connectivity index (χ3v) is 14.6. The summed E-state index contributed by atoms with van der Waals surface area (Å²) in [6.45, 7) is 14.7. The van der Waals surface area contributed by atoms with Gasteiger partial charge < -0.3 is 0 Å². The van der Waals surface area contributed by atoms with Crippen LogP contribution in [0.4, 0.5) is 0 Å². The van der Waals surface area contributed by atoms with Crippen molar-refractivity contribution in [2.24, 2.45) is 52.3 Å². The molecule has 4 aliphatic rings. The first kappa shape index (κ1) is 38.5. The van der Waals surface area contributed by atoms with Gasteiger partial charge in [0.15, 0.2) is 0 Å². The highest BCUT2D eigenvalue weighted by molar-refractivity contribution is 5.02. The Hall–Kier alpha value is -0.260. The highest BCUT2D eigenvalue weighted by Gasteiger charge is 2.50. The molecule has 0 aromatic carbocycles. The molecule has 4 fully saturated rings. The van der Waals surface area contributed by atoms with Gasteiger partial charge in [0.25, 0.3) is 0 Å².